The highest BCUT2D eigenvalue weighted by Crippen LogP contribution is 2.32. The molecule has 1 aromatic heterocycles. The first kappa shape index (κ1) is 18.6. The Bertz CT molecular complexity index is 823. The molecule has 8 nitrogen and oxygen atoms in total. The van der Waals surface area contributed by atoms with Crippen molar-refractivity contribution in [1.82, 2.24) is 20.7 Å². The first-order valence-electron chi connectivity index (χ1n) is 7.76. The number of carbonyl (C=O) groups is 1. The number of hydrazone groups is 1. The second-order valence-corrected chi connectivity index (χ2v) is 8.14. The molecule has 0 aromatic carbocycles. The van der Waals surface area contributed by atoms with E-state index in [0.29, 0.717) is 27.6 Å². The topological polar surface area (TPSA) is 105 Å². The zero-order chi connectivity index (χ0) is 18.9. The van der Waals surface area contributed by atoms with Gasteiger partial charge in [-0.2, -0.15) is 5.10 Å². The van der Waals surface area contributed by atoms with Crippen LogP contribution in [0.25, 0.3) is 5.57 Å². The van der Waals surface area contributed by atoms with E-state index in [1.807, 2.05) is 13.8 Å². The number of amides is 1. The van der Waals surface area contributed by atoms with Gasteiger partial charge in [0.1, 0.15) is 16.1 Å². The number of nitrogens with two attached hydrogens (primary N) is 1. The highest BCUT2D eigenvalue weighted by molar-refractivity contribution is 8.15. The number of nitrogens with zero attached hydrogens (tertiary/aromatic N) is 3. The lowest BCUT2D eigenvalue weighted by atomic mass is 9.98. The first-order chi connectivity index (χ1) is 12.3. The van der Waals surface area contributed by atoms with Gasteiger partial charge in [-0.25, -0.2) is 10.9 Å². The van der Waals surface area contributed by atoms with Crippen LogP contribution in [0.4, 0.5) is 0 Å². The third-order valence-electron chi connectivity index (χ3n) is 3.71. The van der Waals surface area contributed by atoms with Gasteiger partial charge in [0.2, 0.25) is 5.17 Å². The van der Waals surface area contributed by atoms with Crippen LogP contribution in [0.5, 0.6) is 0 Å². The van der Waals surface area contributed by atoms with E-state index in [1.165, 1.54) is 18.0 Å². The standard InChI is InChI=1S/C16H19ClN6O2S/c1-16(2)22-21-15(26-16)23(18)14(24)9-4-5-19-7-11(9)10-6-13(17)20-8-12(10)25-3/h4-8,13,20,22H,18H2,1-3H3. The molecule has 0 saturated heterocycles. The summed E-state index contributed by atoms with van der Waals surface area (Å²) in [6.45, 7) is 3.89. The van der Waals surface area contributed by atoms with Crippen molar-refractivity contribution in [3.05, 3.63) is 47.6 Å². The number of thioether (sulfide) groups is 1. The molecule has 1 amide bonds. The van der Waals surface area contributed by atoms with E-state index >= 15 is 0 Å². The molecule has 0 spiro atoms. The molecule has 3 rings (SSSR count). The largest absolute Gasteiger partial charge is 0.495 e. The third-order valence-corrected chi connectivity index (χ3v) is 5.03. The number of allylic oxidation sites excluding steroid dienone is 1. The number of pyridine rings is 1. The number of dihydropyridines is 1. The smallest absolute Gasteiger partial charge is 0.275 e. The van der Waals surface area contributed by atoms with Crippen molar-refractivity contribution in [2.45, 2.75) is 24.2 Å². The normalized spacial score (nSPS) is 21.0. The molecule has 0 bridgehead atoms. The third kappa shape index (κ3) is 3.64. The predicted octanol–water partition coefficient (Wildman–Crippen LogP) is 1.78. The van der Waals surface area contributed by atoms with E-state index in [9.17, 15) is 4.79 Å². The highest BCUT2D eigenvalue weighted by Gasteiger charge is 2.33. The zero-order valence-electron chi connectivity index (χ0n) is 14.5. The fraction of sp³-hybridized carbons (Fsp3) is 0.312. The maximum Gasteiger partial charge on any atom is 0.275 e. The monoisotopic (exact) mass is 394 g/mol. The van der Waals surface area contributed by atoms with Crippen LogP contribution in [0.1, 0.15) is 29.8 Å². The number of hydrazine groups is 1. The van der Waals surface area contributed by atoms with Gasteiger partial charge >= 0.3 is 0 Å². The number of amidine groups is 1. The summed E-state index contributed by atoms with van der Waals surface area (Å²) in [7, 11) is 1.54. The number of nitrogens with one attached hydrogen (secondary N) is 2. The average Bonchev–Trinajstić information content (AvgIpc) is 3.00. The van der Waals surface area contributed by atoms with E-state index in [4.69, 9.17) is 22.2 Å². The lowest BCUT2D eigenvalue weighted by Gasteiger charge is -2.22. The molecule has 0 aliphatic carbocycles. The summed E-state index contributed by atoms with van der Waals surface area (Å²) in [6, 6.07) is 1.61. The van der Waals surface area contributed by atoms with Gasteiger partial charge in [0.05, 0.1) is 12.7 Å². The van der Waals surface area contributed by atoms with Crippen molar-refractivity contribution in [1.29, 1.82) is 0 Å². The van der Waals surface area contributed by atoms with Gasteiger partial charge in [0.25, 0.3) is 5.91 Å². The maximum absolute atomic E-state index is 13.0. The molecule has 1 atom stereocenters. The summed E-state index contributed by atoms with van der Waals surface area (Å²) in [6.07, 6.45) is 6.52. The molecule has 0 radical (unpaired) electrons. The predicted molar refractivity (Wildman–Crippen MR) is 103 cm³/mol. The van der Waals surface area contributed by atoms with Gasteiger partial charge in [-0.1, -0.05) is 23.4 Å². The van der Waals surface area contributed by atoms with Crippen LogP contribution < -0.4 is 16.6 Å². The number of hydrogen-bond donors (Lipinski definition) is 3. The van der Waals surface area contributed by atoms with Gasteiger partial charge in [-0.05, 0) is 26.0 Å². The number of carbonyl (C=O) groups excluding carboxylic acids is 1. The summed E-state index contributed by atoms with van der Waals surface area (Å²) in [5, 5.41) is 8.49. The molecule has 2 aliphatic heterocycles. The second-order valence-electron chi connectivity index (χ2n) is 6.08. The van der Waals surface area contributed by atoms with Crippen molar-refractivity contribution in [3.8, 4) is 0 Å². The fourth-order valence-electron chi connectivity index (χ4n) is 2.47. The molecule has 4 N–H and O–H groups in total. The second kappa shape index (κ2) is 7.18. The lowest BCUT2D eigenvalue weighted by Crippen LogP contribution is -2.41. The quantitative estimate of drug-likeness (QED) is 0.236. The minimum Gasteiger partial charge on any atom is -0.495 e. The van der Waals surface area contributed by atoms with Crippen molar-refractivity contribution < 1.29 is 9.53 Å². The van der Waals surface area contributed by atoms with Crippen LogP contribution >= 0.6 is 23.4 Å². The SMILES string of the molecule is COC1=CNC(Cl)C=C1c1cnccc1C(=O)N(N)C1=NNC(C)(C)S1. The van der Waals surface area contributed by atoms with Crippen LogP contribution in [0.3, 0.4) is 0 Å². The minimum atomic E-state index is -0.430. The number of methoxy groups -OCH3 is 1. The van der Waals surface area contributed by atoms with Gasteiger partial charge in [0.15, 0.2) is 0 Å². The van der Waals surface area contributed by atoms with Crippen LogP contribution in [-0.2, 0) is 4.74 Å². The molecule has 138 valence electrons. The number of ether oxygens (including phenoxy) is 1. The fourth-order valence-corrected chi connectivity index (χ4v) is 3.48. The Morgan fingerprint density at radius 2 is 2.27 bits per heavy atom. The average molecular weight is 395 g/mol. The molecular weight excluding hydrogens is 376 g/mol. The summed E-state index contributed by atoms with van der Waals surface area (Å²) < 4.78 is 5.38. The van der Waals surface area contributed by atoms with E-state index in [-0.39, 0.29) is 4.87 Å². The van der Waals surface area contributed by atoms with Crippen LogP contribution in [-0.4, -0.2) is 38.5 Å². The van der Waals surface area contributed by atoms with Crippen molar-refractivity contribution in [3.63, 3.8) is 0 Å². The van der Waals surface area contributed by atoms with E-state index in [2.05, 4.69) is 20.8 Å². The molecule has 0 saturated carbocycles. The van der Waals surface area contributed by atoms with E-state index in [0.717, 1.165) is 5.01 Å². The Balaban J connectivity index is 1.95. The Morgan fingerprint density at radius 1 is 1.50 bits per heavy atom. The molecule has 2 aliphatic rings. The highest BCUT2D eigenvalue weighted by atomic mass is 35.5. The number of hydrogen-bond acceptors (Lipinski definition) is 8. The van der Waals surface area contributed by atoms with Gasteiger partial charge in [-0.3, -0.25) is 15.2 Å². The van der Waals surface area contributed by atoms with Gasteiger partial charge in [0, 0.05) is 29.7 Å². The van der Waals surface area contributed by atoms with Crippen molar-refractivity contribution >= 4 is 40.0 Å². The summed E-state index contributed by atoms with van der Waals surface area (Å²) >= 11 is 7.52. The molecule has 1 unspecified atom stereocenters. The number of aromatic nitrogens is 1. The Morgan fingerprint density at radius 3 is 2.92 bits per heavy atom. The molecule has 10 heteroatoms. The van der Waals surface area contributed by atoms with Crippen LogP contribution in [0, 0.1) is 0 Å². The van der Waals surface area contributed by atoms with Crippen LogP contribution in [0.2, 0.25) is 0 Å². The van der Waals surface area contributed by atoms with E-state index < -0.39 is 11.4 Å². The number of rotatable bonds is 3. The summed E-state index contributed by atoms with van der Waals surface area (Å²) in [5.74, 6) is 6.17. The summed E-state index contributed by atoms with van der Waals surface area (Å²) in [4.78, 5) is 16.8. The van der Waals surface area contributed by atoms with Crippen LogP contribution in [0.15, 0.2) is 41.6 Å². The number of alkyl halides is 1. The lowest BCUT2D eigenvalue weighted by molar-refractivity contribution is 0.0849. The molecule has 3 heterocycles. The van der Waals surface area contributed by atoms with Crippen molar-refractivity contribution in [2.24, 2.45) is 10.9 Å². The Labute approximate surface area is 160 Å². The Kier molecular flexibility index (Phi) is 5.12. The maximum atomic E-state index is 13.0. The van der Waals surface area contributed by atoms with Gasteiger partial charge in [-0.15, -0.1) is 0 Å². The van der Waals surface area contributed by atoms with E-state index in [1.54, 1.807) is 31.6 Å². The van der Waals surface area contributed by atoms with Crippen molar-refractivity contribution in [2.75, 3.05) is 7.11 Å². The molecule has 1 aromatic rings. The Hall–Kier alpha value is -2.23. The zero-order valence-corrected chi connectivity index (χ0v) is 16.1. The molecule has 0 fully saturated rings. The first-order valence-corrected chi connectivity index (χ1v) is 9.01. The minimum absolute atomic E-state index is 0.330. The molecular formula is C16H19ClN6O2S. The molecule has 26 heavy (non-hydrogen) atoms. The van der Waals surface area contributed by atoms with Gasteiger partial charge < -0.3 is 10.1 Å². The number of halogens is 1. The summed E-state index contributed by atoms with van der Waals surface area (Å²) in [5.41, 5.74) is 4.11.